The van der Waals surface area contributed by atoms with Gasteiger partial charge in [-0.2, -0.15) is 0 Å². The van der Waals surface area contributed by atoms with Gasteiger partial charge in [-0.25, -0.2) is 0 Å². The smallest absolute Gasteiger partial charge is 0.192 e. The Bertz CT molecular complexity index is 534. The minimum Gasteiger partial charge on any atom is -0.374 e. The van der Waals surface area contributed by atoms with Gasteiger partial charge in [0.25, 0.3) is 0 Å². The van der Waals surface area contributed by atoms with Gasteiger partial charge in [-0.3, -0.25) is 19.2 Å². The van der Waals surface area contributed by atoms with Gasteiger partial charge in [0.05, 0.1) is 5.92 Å². The summed E-state index contributed by atoms with van der Waals surface area (Å²) >= 11 is 0. The highest BCUT2D eigenvalue weighted by molar-refractivity contribution is 6.33. The number of hydrogen-bond donors (Lipinski definition) is 1. The fourth-order valence-corrected chi connectivity index (χ4v) is 3.42. The van der Waals surface area contributed by atoms with Gasteiger partial charge in [-0.1, -0.05) is 41.0 Å². The SMILES string of the molecule is CCCC(=O)C1C(=O)[C@H](CCC(C)C)[C@](O)(C(=O)CCC(C)C)C1=O. The molecule has 142 valence electrons. The Morgan fingerprint density at radius 3 is 2.08 bits per heavy atom. The largest absolute Gasteiger partial charge is 0.374 e. The Labute approximate surface area is 150 Å². The standard InChI is InChI=1S/C20H32O5/c1-6-7-15(21)17-18(23)14(10-8-12(2)3)20(25,19(17)24)16(22)11-9-13(4)5/h12-14,17,25H,6-11H2,1-5H3/t14-,17?,20-/m0/s1. The van der Waals surface area contributed by atoms with Crippen molar-refractivity contribution in [3.63, 3.8) is 0 Å². The normalized spacial score (nSPS) is 26.7. The topological polar surface area (TPSA) is 88.5 Å². The number of aliphatic hydroxyl groups is 1. The second-order valence-corrected chi connectivity index (χ2v) is 8.06. The van der Waals surface area contributed by atoms with Crippen LogP contribution in [0.5, 0.6) is 0 Å². The van der Waals surface area contributed by atoms with Gasteiger partial charge in [0.2, 0.25) is 0 Å². The van der Waals surface area contributed by atoms with Gasteiger partial charge in [-0.05, 0) is 31.1 Å². The molecular weight excluding hydrogens is 320 g/mol. The lowest BCUT2D eigenvalue weighted by Crippen LogP contribution is -2.50. The molecule has 0 amide bonds. The second kappa shape index (κ2) is 8.84. The van der Waals surface area contributed by atoms with E-state index in [2.05, 4.69) is 0 Å². The summed E-state index contributed by atoms with van der Waals surface area (Å²) in [6.45, 7) is 9.63. The molecule has 0 saturated heterocycles. The first-order valence-electron chi connectivity index (χ1n) is 9.43. The molecule has 25 heavy (non-hydrogen) atoms. The molecule has 0 radical (unpaired) electrons. The lowest BCUT2D eigenvalue weighted by Gasteiger charge is -2.26. The third-order valence-electron chi connectivity index (χ3n) is 5.00. The molecule has 1 fully saturated rings. The summed E-state index contributed by atoms with van der Waals surface area (Å²) in [5.74, 6) is -4.59. The van der Waals surface area contributed by atoms with E-state index in [0.717, 1.165) is 0 Å². The van der Waals surface area contributed by atoms with E-state index in [9.17, 15) is 24.3 Å². The zero-order valence-corrected chi connectivity index (χ0v) is 16.1. The summed E-state index contributed by atoms with van der Waals surface area (Å²) in [6.07, 6.45) is 2.06. The molecule has 0 bridgehead atoms. The number of rotatable bonds is 10. The predicted octanol–water partition coefficient (Wildman–Crippen LogP) is 2.91. The fourth-order valence-electron chi connectivity index (χ4n) is 3.42. The summed E-state index contributed by atoms with van der Waals surface area (Å²) in [6, 6.07) is 0. The van der Waals surface area contributed by atoms with Crippen LogP contribution in [0.25, 0.3) is 0 Å². The first-order chi connectivity index (χ1) is 11.6. The first-order valence-corrected chi connectivity index (χ1v) is 9.43. The van der Waals surface area contributed by atoms with Crippen molar-refractivity contribution in [2.24, 2.45) is 23.7 Å². The van der Waals surface area contributed by atoms with Crippen LogP contribution in [0.15, 0.2) is 0 Å². The summed E-state index contributed by atoms with van der Waals surface area (Å²) < 4.78 is 0. The molecular formula is C20H32O5. The van der Waals surface area contributed by atoms with Gasteiger partial charge >= 0.3 is 0 Å². The van der Waals surface area contributed by atoms with Crippen molar-refractivity contribution in [2.45, 2.75) is 78.7 Å². The molecule has 0 aromatic heterocycles. The van der Waals surface area contributed by atoms with Crippen LogP contribution in [0.2, 0.25) is 0 Å². The van der Waals surface area contributed by atoms with Crippen LogP contribution in [0.4, 0.5) is 0 Å². The predicted molar refractivity (Wildman–Crippen MR) is 95.0 cm³/mol. The van der Waals surface area contributed by atoms with Gasteiger partial charge in [0, 0.05) is 12.8 Å². The van der Waals surface area contributed by atoms with Crippen molar-refractivity contribution in [1.29, 1.82) is 0 Å². The number of Topliss-reactive ketones (excluding diaryl/α,β-unsaturated/α-hetero) is 4. The van der Waals surface area contributed by atoms with E-state index in [0.29, 0.717) is 19.3 Å². The van der Waals surface area contributed by atoms with Crippen LogP contribution in [-0.4, -0.2) is 33.8 Å². The molecule has 0 heterocycles. The van der Waals surface area contributed by atoms with Gasteiger partial charge in [0.1, 0.15) is 5.92 Å². The molecule has 1 N–H and O–H groups in total. The molecule has 5 nitrogen and oxygen atoms in total. The lowest BCUT2D eigenvalue weighted by atomic mass is 9.79. The maximum Gasteiger partial charge on any atom is 0.192 e. The van der Waals surface area contributed by atoms with Crippen LogP contribution in [-0.2, 0) is 19.2 Å². The van der Waals surface area contributed by atoms with Gasteiger partial charge in [-0.15, -0.1) is 0 Å². The minimum absolute atomic E-state index is 0.0417. The van der Waals surface area contributed by atoms with Crippen LogP contribution < -0.4 is 0 Å². The zero-order valence-electron chi connectivity index (χ0n) is 16.1. The van der Waals surface area contributed by atoms with E-state index < -0.39 is 40.6 Å². The molecule has 1 aliphatic carbocycles. The third-order valence-corrected chi connectivity index (χ3v) is 5.00. The molecule has 0 spiro atoms. The summed E-state index contributed by atoms with van der Waals surface area (Å²) in [5.41, 5.74) is -2.32. The van der Waals surface area contributed by atoms with Crippen LogP contribution in [0.1, 0.15) is 73.1 Å². The molecule has 1 unspecified atom stereocenters. The zero-order chi connectivity index (χ0) is 19.4. The maximum absolute atomic E-state index is 12.8. The van der Waals surface area contributed by atoms with Gasteiger partial charge < -0.3 is 5.11 Å². The average Bonchev–Trinajstić information content (AvgIpc) is 2.70. The summed E-state index contributed by atoms with van der Waals surface area (Å²) in [5, 5.41) is 11.0. The first kappa shape index (κ1) is 21.7. The Morgan fingerprint density at radius 2 is 1.60 bits per heavy atom. The van der Waals surface area contributed by atoms with Crippen LogP contribution in [0.3, 0.4) is 0 Å². The minimum atomic E-state index is -2.32. The van der Waals surface area contributed by atoms with E-state index in [4.69, 9.17) is 0 Å². The molecule has 0 aromatic carbocycles. The lowest BCUT2D eigenvalue weighted by molar-refractivity contribution is -0.154. The van der Waals surface area contributed by atoms with Crippen molar-refractivity contribution in [3.8, 4) is 0 Å². The molecule has 1 aliphatic rings. The maximum atomic E-state index is 12.8. The van der Waals surface area contributed by atoms with Crippen molar-refractivity contribution in [1.82, 2.24) is 0 Å². The quantitative estimate of drug-likeness (QED) is 0.611. The Hall–Kier alpha value is -1.36. The van der Waals surface area contributed by atoms with E-state index in [1.54, 1.807) is 6.92 Å². The fraction of sp³-hybridized carbons (Fsp3) is 0.800. The molecule has 5 heteroatoms. The van der Waals surface area contributed by atoms with E-state index in [1.165, 1.54) is 0 Å². The Morgan fingerprint density at radius 1 is 1.04 bits per heavy atom. The second-order valence-electron chi connectivity index (χ2n) is 8.06. The molecule has 1 rings (SSSR count). The molecule has 1 saturated carbocycles. The number of carbonyl (C=O) groups excluding carboxylic acids is 4. The highest BCUT2D eigenvalue weighted by Crippen LogP contribution is 2.40. The number of carbonyl (C=O) groups is 4. The van der Waals surface area contributed by atoms with Crippen molar-refractivity contribution in [2.75, 3.05) is 0 Å². The summed E-state index contributed by atoms with van der Waals surface area (Å²) in [7, 11) is 0. The van der Waals surface area contributed by atoms with Crippen LogP contribution >= 0.6 is 0 Å². The van der Waals surface area contributed by atoms with E-state index >= 15 is 0 Å². The number of hydrogen-bond acceptors (Lipinski definition) is 5. The Kier molecular flexibility index (Phi) is 7.66. The van der Waals surface area contributed by atoms with Gasteiger partial charge in [0.15, 0.2) is 28.7 Å². The monoisotopic (exact) mass is 352 g/mol. The Balaban J connectivity index is 3.18. The molecule has 3 atom stereocenters. The van der Waals surface area contributed by atoms with Crippen molar-refractivity contribution in [3.05, 3.63) is 0 Å². The molecule has 0 aliphatic heterocycles. The van der Waals surface area contributed by atoms with Crippen molar-refractivity contribution >= 4 is 23.1 Å². The third kappa shape index (κ3) is 4.63. The highest BCUT2D eigenvalue weighted by atomic mass is 16.3. The molecule has 0 aromatic rings. The van der Waals surface area contributed by atoms with Crippen LogP contribution in [0, 0.1) is 23.7 Å². The van der Waals surface area contributed by atoms with E-state index in [-0.39, 0.29) is 31.1 Å². The summed E-state index contributed by atoms with van der Waals surface area (Å²) in [4.78, 5) is 50.5. The average molecular weight is 352 g/mol. The van der Waals surface area contributed by atoms with Crippen molar-refractivity contribution < 1.29 is 24.3 Å². The highest BCUT2D eigenvalue weighted by Gasteiger charge is 2.64. The van der Waals surface area contributed by atoms with E-state index in [1.807, 2.05) is 27.7 Å². The number of ketones is 4.